The van der Waals surface area contributed by atoms with Crippen molar-refractivity contribution in [3.05, 3.63) is 12.2 Å². The van der Waals surface area contributed by atoms with Crippen LogP contribution in [0.15, 0.2) is 12.2 Å². The van der Waals surface area contributed by atoms with Gasteiger partial charge in [0.25, 0.3) is 0 Å². The first-order valence-corrected chi connectivity index (χ1v) is 12.2. The normalized spacial score (nSPS) is 35.4. The number of carbonyl (C=O) groups excluding carboxylic acids is 1. The number of carbonyl (C=O) groups is 1. The maximum absolute atomic E-state index is 11.9. The van der Waals surface area contributed by atoms with Crippen LogP contribution < -0.4 is 0 Å². The monoisotopic (exact) mass is 422 g/mol. The van der Waals surface area contributed by atoms with E-state index < -0.39 is 0 Å². The van der Waals surface area contributed by atoms with Crippen LogP contribution in [0.1, 0.15) is 77.0 Å². The molecule has 3 aliphatic carbocycles. The predicted octanol–water partition coefficient (Wildman–Crippen LogP) is 5.07. The van der Waals surface area contributed by atoms with Gasteiger partial charge in [-0.15, -0.1) is 0 Å². The number of ether oxygens (including phenoxy) is 4. The fourth-order valence-corrected chi connectivity index (χ4v) is 5.66. The molecule has 0 aromatic carbocycles. The summed E-state index contributed by atoms with van der Waals surface area (Å²) in [4.78, 5) is 11.9. The lowest BCUT2D eigenvalue weighted by Gasteiger charge is -2.37. The molecule has 0 aromatic heterocycles. The molecule has 0 atom stereocenters. The molecule has 0 bridgehead atoms. The number of methoxy groups -OCH3 is 2. The van der Waals surface area contributed by atoms with Gasteiger partial charge in [0.2, 0.25) is 0 Å². The third kappa shape index (κ3) is 7.65. The van der Waals surface area contributed by atoms with Crippen LogP contribution in [-0.4, -0.2) is 51.7 Å². The molecule has 3 aliphatic rings. The van der Waals surface area contributed by atoms with Gasteiger partial charge in [-0.1, -0.05) is 6.08 Å². The van der Waals surface area contributed by atoms with E-state index in [9.17, 15) is 4.79 Å². The van der Waals surface area contributed by atoms with Crippen LogP contribution in [0.25, 0.3) is 0 Å². The molecule has 3 rings (SSSR count). The fourth-order valence-electron chi connectivity index (χ4n) is 5.66. The van der Waals surface area contributed by atoms with E-state index in [0.29, 0.717) is 37.4 Å². The molecule has 172 valence electrons. The van der Waals surface area contributed by atoms with Crippen LogP contribution in [0.5, 0.6) is 0 Å². The number of allylic oxidation sites excluding steroid dienone is 1. The zero-order valence-electron chi connectivity index (χ0n) is 19.1. The molecule has 3 saturated carbocycles. The summed E-state index contributed by atoms with van der Waals surface area (Å²) >= 11 is 0. The minimum absolute atomic E-state index is 0.247. The molecule has 0 heterocycles. The van der Waals surface area contributed by atoms with Gasteiger partial charge in [-0.3, -0.25) is 0 Å². The second kappa shape index (κ2) is 12.8. The first kappa shape index (κ1) is 23.7. The van der Waals surface area contributed by atoms with Crippen molar-refractivity contribution in [2.24, 2.45) is 17.8 Å². The quantitative estimate of drug-likeness (QED) is 0.295. The lowest BCUT2D eigenvalue weighted by Crippen LogP contribution is -2.30. The Labute approximate surface area is 182 Å². The van der Waals surface area contributed by atoms with Gasteiger partial charge in [0.1, 0.15) is 6.61 Å². The molecule has 0 spiro atoms. The lowest BCUT2D eigenvalue weighted by molar-refractivity contribution is -0.140. The third-order valence-corrected chi connectivity index (χ3v) is 7.68. The summed E-state index contributed by atoms with van der Waals surface area (Å²) < 4.78 is 22.2. The van der Waals surface area contributed by atoms with E-state index in [2.05, 4.69) is 0 Å². The molecule has 0 saturated heterocycles. The molecule has 30 heavy (non-hydrogen) atoms. The second-order valence-corrected chi connectivity index (χ2v) is 9.48. The van der Waals surface area contributed by atoms with Crippen molar-refractivity contribution in [2.75, 3.05) is 27.4 Å². The summed E-state index contributed by atoms with van der Waals surface area (Å²) in [6, 6.07) is 0. The highest BCUT2D eigenvalue weighted by Gasteiger charge is 2.31. The van der Waals surface area contributed by atoms with Gasteiger partial charge >= 0.3 is 5.97 Å². The first-order valence-electron chi connectivity index (χ1n) is 12.2. The van der Waals surface area contributed by atoms with Crippen LogP contribution in [0.3, 0.4) is 0 Å². The van der Waals surface area contributed by atoms with Gasteiger partial charge in [0.05, 0.1) is 24.9 Å². The molecule has 0 unspecified atom stereocenters. The molecule has 0 amide bonds. The van der Waals surface area contributed by atoms with Crippen LogP contribution >= 0.6 is 0 Å². The van der Waals surface area contributed by atoms with Gasteiger partial charge < -0.3 is 18.9 Å². The van der Waals surface area contributed by atoms with E-state index in [1.54, 1.807) is 13.2 Å². The Hall–Kier alpha value is -0.910. The molecule has 5 heteroatoms. The van der Waals surface area contributed by atoms with Crippen molar-refractivity contribution in [1.29, 1.82) is 0 Å². The lowest BCUT2D eigenvalue weighted by atomic mass is 9.72. The number of rotatable bonds is 9. The molecule has 0 radical (unpaired) electrons. The standard InChI is InChI=1S/C25H42O5/c1-27-22-10-3-19(4-11-22)5-16-25(26)30-18-17-29-24-14-8-21(9-15-24)20-6-12-23(28-2)13-7-20/h5,16,19-24H,3-4,6-15,17-18H2,1-2H3/b16-5+. The highest BCUT2D eigenvalue weighted by molar-refractivity contribution is 5.81. The van der Waals surface area contributed by atoms with E-state index in [4.69, 9.17) is 18.9 Å². The van der Waals surface area contributed by atoms with Gasteiger partial charge in [-0.25, -0.2) is 4.79 Å². The summed E-state index contributed by atoms with van der Waals surface area (Å²) in [6.07, 6.45) is 19.1. The van der Waals surface area contributed by atoms with Crippen LogP contribution in [0.2, 0.25) is 0 Å². The Bertz CT molecular complexity index is 510. The predicted molar refractivity (Wildman–Crippen MR) is 117 cm³/mol. The minimum Gasteiger partial charge on any atom is -0.460 e. The largest absolute Gasteiger partial charge is 0.460 e. The summed E-state index contributed by atoms with van der Waals surface area (Å²) in [5.41, 5.74) is 0. The maximum Gasteiger partial charge on any atom is 0.330 e. The van der Waals surface area contributed by atoms with E-state index in [1.807, 2.05) is 13.2 Å². The van der Waals surface area contributed by atoms with E-state index >= 15 is 0 Å². The van der Waals surface area contributed by atoms with Crippen molar-refractivity contribution >= 4 is 5.97 Å². The summed E-state index contributed by atoms with van der Waals surface area (Å²) in [7, 11) is 3.62. The Kier molecular flexibility index (Phi) is 10.2. The molecule has 3 fully saturated rings. The molecule has 5 nitrogen and oxygen atoms in total. The van der Waals surface area contributed by atoms with Gasteiger partial charge in [-0.05, 0) is 94.8 Å². The topological polar surface area (TPSA) is 54.0 Å². The van der Waals surface area contributed by atoms with E-state index in [1.165, 1.54) is 38.5 Å². The number of esters is 1. The molecule has 0 aromatic rings. The van der Waals surface area contributed by atoms with Gasteiger partial charge in [0.15, 0.2) is 0 Å². The Morgan fingerprint density at radius 1 is 0.700 bits per heavy atom. The molecule has 0 aliphatic heterocycles. The van der Waals surface area contributed by atoms with Crippen molar-refractivity contribution in [3.63, 3.8) is 0 Å². The van der Waals surface area contributed by atoms with Gasteiger partial charge in [0, 0.05) is 20.3 Å². The molecular weight excluding hydrogens is 380 g/mol. The van der Waals surface area contributed by atoms with E-state index in [-0.39, 0.29) is 5.97 Å². The average Bonchev–Trinajstić information content (AvgIpc) is 2.81. The Morgan fingerprint density at radius 3 is 1.73 bits per heavy atom. The number of hydrogen-bond donors (Lipinski definition) is 0. The fraction of sp³-hybridized carbons (Fsp3) is 0.880. The summed E-state index contributed by atoms with van der Waals surface area (Å²) in [5.74, 6) is 1.97. The van der Waals surface area contributed by atoms with Crippen molar-refractivity contribution < 1.29 is 23.7 Å². The zero-order valence-corrected chi connectivity index (χ0v) is 19.1. The first-order chi connectivity index (χ1) is 14.7. The van der Waals surface area contributed by atoms with Crippen LogP contribution in [0.4, 0.5) is 0 Å². The van der Waals surface area contributed by atoms with E-state index in [0.717, 1.165) is 50.4 Å². The third-order valence-electron chi connectivity index (χ3n) is 7.68. The molecular formula is C25H42O5. The maximum atomic E-state index is 11.9. The summed E-state index contributed by atoms with van der Waals surface area (Å²) in [5, 5.41) is 0. The Morgan fingerprint density at radius 2 is 1.20 bits per heavy atom. The average molecular weight is 423 g/mol. The number of hydrogen-bond acceptors (Lipinski definition) is 5. The molecule has 0 N–H and O–H groups in total. The van der Waals surface area contributed by atoms with Crippen molar-refractivity contribution in [1.82, 2.24) is 0 Å². The van der Waals surface area contributed by atoms with Gasteiger partial charge in [-0.2, -0.15) is 0 Å². The van der Waals surface area contributed by atoms with Crippen LogP contribution in [-0.2, 0) is 23.7 Å². The summed E-state index contributed by atoms with van der Waals surface area (Å²) in [6.45, 7) is 0.855. The highest BCUT2D eigenvalue weighted by atomic mass is 16.6. The van der Waals surface area contributed by atoms with Crippen LogP contribution in [0, 0.1) is 17.8 Å². The second-order valence-electron chi connectivity index (χ2n) is 9.48. The smallest absolute Gasteiger partial charge is 0.330 e. The Balaban J connectivity index is 1.22. The van der Waals surface area contributed by atoms with Crippen molar-refractivity contribution in [2.45, 2.75) is 95.4 Å². The zero-order chi connectivity index (χ0) is 21.2. The highest BCUT2D eigenvalue weighted by Crippen LogP contribution is 2.39. The van der Waals surface area contributed by atoms with Crippen molar-refractivity contribution in [3.8, 4) is 0 Å². The minimum atomic E-state index is -0.247. The SMILES string of the molecule is COC1CCC(/C=C/C(=O)OCCOC2CCC(C3CCC(OC)CC3)CC2)CC1.